The van der Waals surface area contributed by atoms with Crippen LogP contribution in [0.15, 0.2) is 6.07 Å². The van der Waals surface area contributed by atoms with Gasteiger partial charge in [0, 0.05) is 0 Å². The first-order valence-corrected chi connectivity index (χ1v) is 4.08. The maximum atomic E-state index is 13.3. The number of hydrogen-bond acceptors (Lipinski definition) is 3. The predicted molar refractivity (Wildman–Crippen MR) is 49.9 cm³/mol. The van der Waals surface area contributed by atoms with Crippen LogP contribution in [0.1, 0.15) is 10.4 Å². The van der Waals surface area contributed by atoms with Crippen molar-refractivity contribution in [3.05, 3.63) is 22.5 Å². The van der Waals surface area contributed by atoms with Gasteiger partial charge in [0.1, 0.15) is 0 Å². The Morgan fingerprint density at radius 1 is 1.36 bits per heavy atom. The lowest BCUT2D eigenvalue weighted by Gasteiger charge is -2.11. The molecule has 0 bridgehead atoms. The zero-order valence-electron chi connectivity index (χ0n) is 7.64. The molecule has 1 aromatic carbocycles. The topological polar surface area (TPSA) is 35.5 Å². The van der Waals surface area contributed by atoms with Crippen molar-refractivity contribution in [1.29, 1.82) is 0 Å². The Labute approximate surface area is 85.4 Å². The van der Waals surface area contributed by atoms with E-state index in [-0.39, 0.29) is 22.1 Å². The predicted octanol–water partition coefficient (Wildman–Crippen LogP) is 2.31. The zero-order chi connectivity index (χ0) is 10.7. The number of rotatable bonds is 3. The Balaban J connectivity index is 3.49. The Bertz CT molecular complexity index is 366. The second-order valence-corrected chi connectivity index (χ2v) is 2.85. The minimum atomic E-state index is -0.739. The second kappa shape index (κ2) is 4.28. The van der Waals surface area contributed by atoms with Crippen molar-refractivity contribution in [2.24, 2.45) is 0 Å². The quantitative estimate of drug-likeness (QED) is 0.731. The maximum Gasteiger partial charge on any atom is 0.199 e. The fraction of sp³-hybridized carbons (Fsp3) is 0.222. The number of methoxy groups -OCH3 is 2. The fourth-order valence-corrected chi connectivity index (χ4v) is 1.29. The van der Waals surface area contributed by atoms with Crippen LogP contribution in [0.3, 0.4) is 0 Å². The lowest BCUT2D eigenvalue weighted by atomic mass is 10.2. The molecule has 0 atom stereocenters. The molecule has 0 aromatic heterocycles. The molecule has 0 fully saturated rings. The van der Waals surface area contributed by atoms with Crippen LogP contribution in [0.2, 0.25) is 5.02 Å². The summed E-state index contributed by atoms with van der Waals surface area (Å²) in [7, 11) is 2.59. The van der Waals surface area contributed by atoms with E-state index in [1.807, 2.05) is 0 Å². The summed E-state index contributed by atoms with van der Waals surface area (Å²) in [6, 6.07) is 1.19. The molecule has 0 aliphatic carbocycles. The highest BCUT2D eigenvalue weighted by atomic mass is 35.5. The Hall–Kier alpha value is -1.29. The normalized spacial score (nSPS) is 9.71. The number of halogens is 2. The molecule has 0 aliphatic rings. The van der Waals surface area contributed by atoms with E-state index in [1.165, 1.54) is 20.3 Å². The van der Waals surface area contributed by atoms with Crippen molar-refractivity contribution >= 4 is 17.9 Å². The van der Waals surface area contributed by atoms with Crippen molar-refractivity contribution in [3.8, 4) is 11.5 Å². The second-order valence-electron chi connectivity index (χ2n) is 2.45. The molecule has 3 nitrogen and oxygen atoms in total. The number of carbonyl (C=O) groups is 1. The molecule has 0 N–H and O–H groups in total. The highest BCUT2D eigenvalue weighted by Gasteiger charge is 2.18. The SMILES string of the molecule is COc1c(C=O)cc(Cl)c(F)c1OC. The minimum absolute atomic E-state index is 0.0457. The average molecular weight is 219 g/mol. The van der Waals surface area contributed by atoms with Crippen LogP contribution in [-0.2, 0) is 0 Å². The molecule has 0 saturated carbocycles. The molecule has 5 heteroatoms. The van der Waals surface area contributed by atoms with Crippen LogP contribution in [0.5, 0.6) is 11.5 Å². The molecule has 0 unspecified atom stereocenters. The standard InChI is InChI=1S/C9H8ClFO3/c1-13-8-5(4-12)3-6(10)7(11)9(8)14-2/h3-4H,1-2H3. The third-order valence-electron chi connectivity index (χ3n) is 1.69. The van der Waals surface area contributed by atoms with E-state index in [2.05, 4.69) is 0 Å². The van der Waals surface area contributed by atoms with Crippen molar-refractivity contribution in [3.63, 3.8) is 0 Å². The molecule has 0 amide bonds. The van der Waals surface area contributed by atoms with Gasteiger partial charge in [-0.15, -0.1) is 0 Å². The van der Waals surface area contributed by atoms with Crippen molar-refractivity contribution in [2.45, 2.75) is 0 Å². The first-order chi connectivity index (χ1) is 6.65. The van der Waals surface area contributed by atoms with E-state index < -0.39 is 5.82 Å². The first-order valence-electron chi connectivity index (χ1n) is 3.70. The summed E-state index contributed by atoms with van der Waals surface area (Å²) in [5, 5.41) is -0.176. The number of benzene rings is 1. The Kier molecular flexibility index (Phi) is 3.30. The van der Waals surface area contributed by atoms with E-state index in [0.717, 1.165) is 0 Å². The van der Waals surface area contributed by atoms with Crippen molar-refractivity contribution in [2.75, 3.05) is 14.2 Å². The first kappa shape index (κ1) is 10.8. The highest BCUT2D eigenvalue weighted by molar-refractivity contribution is 6.31. The zero-order valence-corrected chi connectivity index (χ0v) is 8.39. The number of aldehydes is 1. The van der Waals surface area contributed by atoms with Crippen molar-refractivity contribution in [1.82, 2.24) is 0 Å². The summed E-state index contributed by atoms with van der Waals surface area (Å²) in [6.45, 7) is 0. The summed E-state index contributed by atoms with van der Waals surface area (Å²) < 4.78 is 22.9. The summed E-state index contributed by atoms with van der Waals surface area (Å²) in [5.41, 5.74) is 0.149. The third kappa shape index (κ3) is 1.65. The number of hydrogen-bond donors (Lipinski definition) is 0. The summed E-state index contributed by atoms with van der Waals surface area (Å²) >= 11 is 5.54. The molecule has 0 aliphatic heterocycles. The molecule has 0 spiro atoms. The van der Waals surface area contributed by atoms with Gasteiger partial charge >= 0.3 is 0 Å². The molecule has 1 aromatic rings. The lowest BCUT2D eigenvalue weighted by Crippen LogP contribution is -1.98. The van der Waals surface area contributed by atoms with Crippen LogP contribution < -0.4 is 9.47 Å². The molecule has 0 saturated heterocycles. The van der Waals surface area contributed by atoms with Gasteiger partial charge in [0.2, 0.25) is 0 Å². The average Bonchev–Trinajstić information content (AvgIpc) is 2.20. The number of carbonyl (C=O) groups excluding carboxylic acids is 1. The molecule has 0 heterocycles. The van der Waals surface area contributed by atoms with Gasteiger partial charge in [0.25, 0.3) is 0 Å². The molecular weight excluding hydrogens is 211 g/mol. The van der Waals surface area contributed by atoms with Gasteiger partial charge in [0.15, 0.2) is 23.6 Å². The Morgan fingerprint density at radius 3 is 2.36 bits per heavy atom. The molecule has 14 heavy (non-hydrogen) atoms. The lowest BCUT2D eigenvalue weighted by molar-refractivity contribution is 0.112. The molecule has 0 radical (unpaired) electrons. The van der Waals surface area contributed by atoms with Crippen LogP contribution >= 0.6 is 11.6 Å². The smallest absolute Gasteiger partial charge is 0.199 e. The third-order valence-corrected chi connectivity index (χ3v) is 1.97. The van der Waals surface area contributed by atoms with Gasteiger partial charge in [-0.2, -0.15) is 0 Å². The fourth-order valence-electron chi connectivity index (χ4n) is 1.09. The summed E-state index contributed by atoms with van der Waals surface area (Å²) in [6.07, 6.45) is 0.521. The van der Waals surface area contributed by atoms with Gasteiger partial charge in [-0.25, -0.2) is 4.39 Å². The van der Waals surface area contributed by atoms with E-state index in [1.54, 1.807) is 0 Å². The van der Waals surface area contributed by atoms with E-state index >= 15 is 0 Å². The summed E-state index contributed by atoms with van der Waals surface area (Å²) in [5.74, 6) is -0.858. The largest absolute Gasteiger partial charge is 0.492 e. The van der Waals surface area contributed by atoms with Crippen LogP contribution in [-0.4, -0.2) is 20.5 Å². The van der Waals surface area contributed by atoms with E-state index in [9.17, 15) is 9.18 Å². The van der Waals surface area contributed by atoms with Gasteiger partial charge < -0.3 is 9.47 Å². The van der Waals surface area contributed by atoms with E-state index in [0.29, 0.717) is 6.29 Å². The van der Waals surface area contributed by atoms with Gasteiger partial charge in [-0.05, 0) is 6.07 Å². The molecule has 1 rings (SSSR count). The van der Waals surface area contributed by atoms with Crippen LogP contribution in [0.25, 0.3) is 0 Å². The highest BCUT2D eigenvalue weighted by Crippen LogP contribution is 2.37. The summed E-state index contributed by atoms with van der Waals surface area (Å²) in [4.78, 5) is 10.6. The van der Waals surface area contributed by atoms with E-state index in [4.69, 9.17) is 21.1 Å². The molecular formula is C9H8ClFO3. The molecule has 76 valence electrons. The van der Waals surface area contributed by atoms with Gasteiger partial charge in [-0.1, -0.05) is 11.6 Å². The minimum Gasteiger partial charge on any atom is -0.492 e. The number of ether oxygens (including phenoxy) is 2. The van der Waals surface area contributed by atoms with Crippen LogP contribution in [0, 0.1) is 5.82 Å². The maximum absolute atomic E-state index is 13.3. The van der Waals surface area contributed by atoms with Gasteiger partial charge in [0.05, 0.1) is 24.8 Å². The van der Waals surface area contributed by atoms with Crippen molar-refractivity contribution < 1.29 is 18.7 Å². The Morgan fingerprint density at radius 2 is 1.93 bits per heavy atom. The monoisotopic (exact) mass is 218 g/mol. The van der Waals surface area contributed by atoms with Crippen LogP contribution in [0.4, 0.5) is 4.39 Å². The van der Waals surface area contributed by atoms with Gasteiger partial charge in [-0.3, -0.25) is 4.79 Å².